The Kier molecular flexibility index (Phi) is 7.91. The van der Waals surface area contributed by atoms with Gasteiger partial charge in [0, 0.05) is 6.42 Å². The fourth-order valence-electron chi connectivity index (χ4n) is 0.298. The van der Waals surface area contributed by atoms with E-state index in [9.17, 15) is 4.79 Å². The van der Waals surface area contributed by atoms with E-state index in [1.165, 1.54) is 0 Å². The van der Waals surface area contributed by atoms with Gasteiger partial charge in [-0.15, -0.1) is 0 Å². The van der Waals surface area contributed by atoms with Crippen LogP contribution in [0, 0.1) is 12.8 Å². The second kappa shape index (κ2) is 5.60. The first-order valence-electron chi connectivity index (χ1n) is 2.18. The third-order valence-corrected chi connectivity index (χ3v) is 0.523. The Hall–Kier alpha value is 0.470. The van der Waals surface area contributed by atoms with Crippen LogP contribution in [0.4, 0.5) is 0 Å². The van der Waals surface area contributed by atoms with Crippen molar-refractivity contribution in [3.63, 3.8) is 0 Å². The molecule has 2 nitrogen and oxygen atoms in total. The third-order valence-electron chi connectivity index (χ3n) is 0.523. The van der Waals surface area contributed by atoms with Gasteiger partial charge in [-0.05, 0) is 12.8 Å². The van der Waals surface area contributed by atoms with Gasteiger partial charge in [0.2, 0.25) is 0 Å². The molecular weight excluding hydrogens is 115 g/mol. The third kappa shape index (κ3) is 9.69. The minimum atomic E-state index is -0.775. The second-order valence-electron chi connectivity index (χ2n) is 1.70. The van der Waals surface area contributed by atoms with E-state index >= 15 is 0 Å². The monoisotopic (exact) mass is 125 g/mol. The molecule has 43 valence electrons. The molecule has 0 aromatic heterocycles. The second-order valence-corrected chi connectivity index (χ2v) is 1.70. The number of carbonyl (C=O) groups is 1. The Morgan fingerprint density at radius 2 is 2.25 bits per heavy atom. The van der Waals surface area contributed by atoms with Gasteiger partial charge in [-0.3, -0.25) is 4.79 Å². The van der Waals surface area contributed by atoms with Crippen molar-refractivity contribution in [2.45, 2.75) is 13.3 Å². The van der Waals surface area contributed by atoms with Crippen LogP contribution in [0.1, 0.15) is 13.3 Å². The van der Waals surface area contributed by atoms with Crippen molar-refractivity contribution in [2.75, 3.05) is 0 Å². The number of carboxylic acid groups (broad SMARTS) is 1. The first-order chi connectivity index (χ1) is 3.13. The van der Waals surface area contributed by atoms with Gasteiger partial charge in [0.05, 0.1) is 0 Å². The molecule has 1 N–H and O–H groups in total. The summed E-state index contributed by atoms with van der Waals surface area (Å²) in [4.78, 5) is 9.77. The molecule has 1 unspecified atom stereocenters. The molecular formula is C5H10NaO2. The normalized spacial score (nSPS) is 8.38. The maximum absolute atomic E-state index is 9.77. The molecule has 0 amide bonds. The molecule has 1 radical (unpaired) electrons. The summed E-state index contributed by atoms with van der Waals surface area (Å²) in [6, 6.07) is 0. The Morgan fingerprint density at radius 3 is 2.25 bits per heavy atom. The molecule has 3 heteroatoms. The van der Waals surface area contributed by atoms with Gasteiger partial charge < -0.3 is 5.11 Å². The molecule has 0 aliphatic carbocycles. The van der Waals surface area contributed by atoms with Crippen LogP contribution in [0.3, 0.4) is 0 Å². The number of rotatable bonds is 2. The molecule has 0 saturated carbocycles. The van der Waals surface area contributed by atoms with E-state index in [4.69, 9.17) is 5.11 Å². The summed E-state index contributed by atoms with van der Waals surface area (Å²) in [5.74, 6) is -0.750. The van der Waals surface area contributed by atoms with E-state index in [-0.39, 0.29) is 41.9 Å². The first-order valence-corrected chi connectivity index (χ1v) is 2.18. The summed E-state index contributed by atoms with van der Waals surface area (Å²) >= 11 is 0. The summed E-state index contributed by atoms with van der Waals surface area (Å²) in [7, 11) is 0. The van der Waals surface area contributed by atoms with Crippen molar-refractivity contribution in [3.05, 3.63) is 6.92 Å². The van der Waals surface area contributed by atoms with E-state index in [1.54, 1.807) is 6.92 Å². The summed E-state index contributed by atoms with van der Waals surface area (Å²) in [6.45, 7) is 5.27. The van der Waals surface area contributed by atoms with E-state index in [0.29, 0.717) is 0 Å². The maximum atomic E-state index is 9.77. The first kappa shape index (κ1) is 11.3. The molecule has 0 aromatic rings. The Bertz CT molecular complexity index is 70.8. The Labute approximate surface area is 71.6 Å². The predicted molar refractivity (Wildman–Crippen MR) is 33.9 cm³/mol. The van der Waals surface area contributed by atoms with Gasteiger partial charge >= 0.3 is 35.5 Å². The molecule has 0 spiro atoms. The van der Waals surface area contributed by atoms with Gasteiger partial charge in [-0.2, -0.15) is 0 Å². The van der Waals surface area contributed by atoms with Gasteiger partial charge in [0.1, 0.15) is 0 Å². The van der Waals surface area contributed by atoms with Crippen molar-refractivity contribution in [1.29, 1.82) is 0 Å². The van der Waals surface area contributed by atoms with Crippen LogP contribution in [0.25, 0.3) is 0 Å². The number of carboxylic acids is 1. The molecule has 8 heavy (non-hydrogen) atoms. The SMILES string of the molecule is [CH2]C(C)CC(=O)O.[NaH]. The van der Waals surface area contributed by atoms with Gasteiger partial charge in [-0.1, -0.05) is 6.92 Å². The molecule has 0 heterocycles. The van der Waals surface area contributed by atoms with Crippen LogP contribution in [0.15, 0.2) is 0 Å². The average molecular weight is 125 g/mol. The zero-order valence-electron chi connectivity index (χ0n) is 4.35. The van der Waals surface area contributed by atoms with Crippen LogP contribution in [-0.4, -0.2) is 40.6 Å². The van der Waals surface area contributed by atoms with Crippen molar-refractivity contribution in [2.24, 2.45) is 5.92 Å². The van der Waals surface area contributed by atoms with E-state index < -0.39 is 5.97 Å². The fraction of sp³-hybridized carbons (Fsp3) is 0.600. The molecule has 0 fully saturated rings. The number of hydrogen-bond acceptors (Lipinski definition) is 1. The Morgan fingerprint density at radius 1 is 1.88 bits per heavy atom. The van der Waals surface area contributed by atoms with Crippen LogP contribution in [0.2, 0.25) is 0 Å². The van der Waals surface area contributed by atoms with E-state index in [1.807, 2.05) is 0 Å². The number of hydrogen-bond donors (Lipinski definition) is 1. The Balaban J connectivity index is 0. The van der Waals surface area contributed by atoms with Gasteiger partial charge in [-0.25, -0.2) is 0 Å². The van der Waals surface area contributed by atoms with E-state index in [0.717, 1.165) is 0 Å². The van der Waals surface area contributed by atoms with Crippen LogP contribution < -0.4 is 0 Å². The zero-order chi connectivity index (χ0) is 5.86. The molecule has 0 saturated heterocycles. The standard InChI is InChI=1S/C5H9O2.Na.H/c1-4(2)3-5(6)7;;/h4H,1,3H2,2H3,(H,6,7);;. The van der Waals surface area contributed by atoms with Crippen molar-refractivity contribution < 1.29 is 9.90 Å². The van der Waals surface area contributed by atoms with Gasteiger partial charge in [0.25, 0.3) is 0 Å². The topological polar surface area (TPSA) is 37.3 Å². The number of aliphatic carboxylic acids is 1. The molecule has 0 aliphatic rings. The molecule has 0 aliphatic heterocycles. The van der Waals surface area contributed by atoms with Crippen LogP contribution >= 0.6 is 0 Å². The van der Waals surface area contributed by atoms with Crippen molar-refractivity contribution in [1.82, 2.24) is 0 Å². The summed E-state index contributed by atoms with van der Waals surface area (Å²) in [5, 5.41) is 8.04. The molecule has 0 aromatic carbocycles. The predicted octanol–water partition coefficient (Wildman–Crippen LogP) is 0.283. The van der Waals surface area contributed by atoms with E-state index in [2.05, 4.69) is 6.92 Å². The minimum absolute atomic E-state index is 0. The average Bonchev–Trinajstić information content (AvgIpc) is 1.27. The molecule has 1 atom stereocenters. The molecule has 0 rings (SSSR count). The summed E-state index contributed by atoms with van der Waals surface area (Å²) in [5.41, 5.74) is 0. The van der Waals surface area contributed by atoms with Crippen molar-refractivity contribution >= 4 is 35.5 Å². The fourth-order valence-corrected chi connectivity index (χ4v) is 0.298. The summed E-state index contributed by atoms with van der Waals surface area (Å²) < 4.78 is 0. The zero-order valence-corrected chi connectivity index (χ0v) is 4.35. The summed E-state index contributed by atoms with van der Waals surface area (Å²) in [6.07, 6.45) is 0.167. The molecule has 0 bridgehead atoms. The van der Waals surface area contributed by atoms with Gasteiger partial charge in [0.15, 0.2) is 0 Å². The quantitative estimate of drug-likeness (QED) is 0.538. The van der Waals surface area contributed by atoms with Crippen molar-refractivity contribution in [3.8, 4) is 0 Å². The van der Waals surface area contributed by atoms with Crippen LogP contribution in [0.5, 0.6) is 0 Å². The van der Waals surface area contributed by atoms with Crippen LogP contribution in [-0.2, 0) is 4.79 Å².